The summed E-state index contributed by atoms with van der Waals surface area (Å²) in [5.41, 5.74) is 2.51. The largest absolute Gasteiger partial charge is 0.483 e. The van der Waals surface area contributed by atoms with Gasteiger partial charge in [-0.05, 0) is 209 Å². The van der Waals surface area contributed by atoms with E-state index in [-0.39, 0.29) is 34.2 Å². The Hall–Kier alpha value is -2.58. The maximum Gasteiger partial charge on any atom is 0.405 e. The number of alkyl halides is 2. The van der Waals surface area contributed by atoms with E-state index in [0.29, 0.717) is 48.7 Å². The molecule has 3 N–H and O–H groups in total. The molecule has 6 atom stereocenters. The van der Waals surface area contributed by atoms with Gasteiger partial charge in [-0.3, -0.25) is 4.55 Å². The lowest BCUT2D eigenvalue weighted by Crippen LogP contribution is -2.54. The Balaban J connectivity index is 0.976. The first-order valence-corrected chi connectivity index (χ1v) is 26.0. The molecule has 8 aliphatic carbocycles. The molecule has 8 bridgehead atoms. The summed E-state index contributed by atoms with van der Waals surface area (Å²) in [5, 5.41) is 17.5. The van der Waals surface area contributed by atoms with Crippen LogP contribution in [0.25, 0.3) is 0 Å². The Kier molecular flexibility index (Phi) is 12.0. The van der Waals surface area contributed by atoms with Gasteiger partial charge in [-0.1, -0.05) is 32.9 Å². The average Bonchev–Trinajstić information content (AvgIpc) is 3.21. The lowest BCUT2D eigenvalue weighted by atomic mass is 9.48. The summed E-state index contributed by atoms with van der Waals surface area (Å²) in [4.78, 5) is 3.00. The van der Waals surface area contributed by atoms with Gasteiger partial charge in [0.05, 0.1) is 36.3 Å². The van der Waals surface area contributed by atoms with Crippen LogP contribution in [0.4, 0.5) is 8.78 Å². The van der Waals surface area contributed by atoms with Crippen molar-refractivity contribution < 1.29 is 46.2 Å². The molecule has 8 aliphatic rings. The van der Waals surface area contributed by atoms with Gasteiger partial charge in [0.1, 0.15) is 5.75 Å². The van der Waals surface area contributed by atoms with E-state index in [4.69, 9.17) is 18.8 Å². The molecule has 8 fully saturated rings. The summed E-state index contributed by atoms with van der Waals surface area (Å²) in [6, 6.07) is 23.8. The molecular formula is C51H67F2O8S2+. The second-order valence-corrected chi connectivity index (χ2v) is 25.5. The molecule has 3 aromatic rings. The number of ether oxygens (including phenoxy) is 3. The van der Waals surface area contributed by atoms with Crippen LogP contribution < -0.4 is 4.74 Å². The molecule has 0 radical (unpaired) electrons. The molecule has 0 aliphatic heterocycles. The van der Waals surface area contributed by atoms with Gasteiger partial charge in [-0.2, -0.15) is 17.2 Å². The Labute approximate surface area is 376 Å². The van der Waals surface area contributed by atoms with E-state index in [1.807, 2.05) is 12.1 Å². The van der Waals surface area contributed by atoms with Crippen molar-refractivity contribution in [3.8, 4) is 5.75 Å². The molecule has 6 unspecified atom stereocenters. The molecule has 12 heteroatoms. The van der Waals surface area contributed by atoms with Crippen LogP contribution in [-0.2, 0) is 41.7 Å². The van der Waals surface area contributed by atoms with Crippen molar-refractivity contribution in [3.63, 3.8) is 0 Å². The minimum absolute atomic E-state index is 0.0447. The summed E-state index contributed by atoms with van der Waals surface area (Å²) < 4.78 is 79.9. The molecule has 0 spiro atoms. The predicted octanol–water partition coefficient (Wildman–Crippen LogP) is 10.7. The van der Waals surface area contributed by atoms with Crippen LogP contribution in [0.15, 0.2) is 87.5 Å². The topological polar surface area (TPSA) is 123 Å². The van der Waals surface area contributed by atoms with E-state index < -0.39 is 38.2 Å². The van der Waals surface area contributed by atoms with Crippen molar-refractivity contribution in [2.75, 3.05) is 13.2 Å². The fraction of sp³-hybridized carbons (Fsp3) is 0.647. The highest BCUT2D eigenvalue weighted by Crippen LogP contribution is 2.63. The second kappa shape index (κ2) is 16.6. The fourth-order valence-electron chi connectivity index (χ4n) is 13.6. The van der Waals surface area contributed by atoms with Crippen LogP contribution >= 0.6 is 0 Å². The van der Waals surface area contributed by atoms with Crippen molar-refractivity contribution in [1.29, 1.82) is 0 Å². The smallest absolute Gasteiger partial charge is 0.405 e. The zero-order chi connectivity index (χ0) is 44.7. The highest BCUT2D eigenvalue weighted by atomic mass is 32.2. The van der Waals surface area contributed by atoms with Gasteiger partial charge in [0, 0.05) is 5.56 Å². The average molecular weight is 910 g/mol. The van der Waals surface area contributed by atoms with Crippen molar-refractivity contribution >= 4 is 21.0 Å². The lowest BCUT2D eigenvalue weighted by Gasteiger charge is -2.59. The maximum absolute atomic E-state index is 14.4. The number of aliphatic hydroxyl groups excluding tert-OH is 2. The summed E-state index contributed by atoms with van der Waals surface area (Å²) in [7, 11) is -6.30. The third-order valence-electron chi connectivity index (χ3n) is 16.5. The van der Waals surface area contributed by atoms with Gasteiger partial charge >= 0.3 is 15.4 Å². The fourth-order valence-corrected chi connectivity index (χ4v) is 16.1. The number of halogens is 2. The molecule has 3 aromatic carbocycles. The Morgan fingerprint density at radius 2 is 1.03 bits per heavy atom. The lowest BCUT2D eigenvalue weighted by molar-refractivity contribution is -0.248. The van der Waals surface area contributed by atoms with Gasteiger partial charge in [0.2, 0.25) is 0 Å². The van der Waals surface area contributed by atoms with Gasteiger partial charge < -0.3 is 24.4 Å². The van der Waals surface area contributed by atoms with Gasteiger partial charge in [-0.15, -0.1) is 0 Å². The third kappa shape index (κ3) is 8.89. The summed E-state index contributed by atoms with van der Waals surface area (Å²) >= 11 is 0. The first-order valence-electron chi connectivity index (χ1n) is 23.4. The molecule has 8 nitrogen and oxygen atoms in total. The Bertz CT molecular complexity index is 2120. The first kappa shape index (κ1) is 45.6. The highest BCUT2D eigenvalue weighted by Gasteiger charge is 2.56. The summed E-state index contributed by atoms with van der Waals surface area (Å²) in [5.74, 6) is 2.10. The summed E-state index contributed by atoms with van der Waals surface area (Å²) in [6.45, 7) is 10.6. The predicted molar refractivity (Wildman–Crippen MR) is 239 cm³/mol. The van der Waals surface area contributed by atoms with Crippen LogP contribution in [0.3, 0.4) is 0 Å². The standard InChI is InChI=1S/C51H66F2O8S2/c1-32(51(52,53)63(56,57)58)61-41-10-16-44(17-11-41)62(42-12-6-39(7-13-42)47(2,3)4)43-14-8-40(9-15-43)48(5,59-20-18-49-26-33-22-35(28-49)45(54)36(23-33)29-49)60-21-19-50-27-34-24-37(30-50)46(55)38(25-34)31-50/h6-17,32-38,45-46,54-55H,18-31H2,1-5H3/p+1. The summed E-state index contributed by atoms with van der Waals surface area (Å²) in [6.07, 6.45) is 10.9. The Morgan fingerprint density at radius 1 is 0.651 bits per heavy atom. The monoisotopic (exact) mass is 909 g/mol. The molecule has 0 heterocycles. The number of rotatable bonds is 16. The Morgan fingerprint density at radius 3 is 1.41 bits per heavy atom. The van der Waals surface area contributed by atoms with Crippen LogP contribution in [0.1, 0.15) is 123 Å². The number of benzene rings is 3. The number of hydrogen-bond acceptors (Lipinski definition) is 7. The van der Waals surface area contributed by atoms with Crippen molar-refractivity contribution in [1.82, 2.24) is 0 Å². The molecular weight excluding hydrogens is 843 g/mol. The van der Waals surface area contributed by atoms with Gasteiger partial charge in [-0.25, -0.2) is 0 Å². The van der Waals surface area contributed by atoms with Crippen LogP contribution in [-0.4, -0.2) is 60.0 Å². The second-order valence-electron chi connectivity index (χ2n) is 21.9. The van der Waals surface area contributed by atoms with Crippen molar-refractivity contribution in [2.45, 2.75) is 161 Å². The van der Waals surface area contributed by atoms with E-state index >= 15 is 0 Å². The molecule has 63 heavy (non-hydrogen) atoms. The van der Waals surface area contributed by atoms with E-state index in [9.17, 15) is 27.4 Å². The van der Waals surface area contributed by atoms with E-state index in [0.717, 1.165) is 91.4 Å². The van der Waals surface area contributed by atoms with E-state index in [1.165, 1.54) is 18.4 Å². The number of hydrogen-bond donors (Lipinski definition) is 3. The third-order valence-corrected chi connectivity index (χ3v) is 19.7. The van der Waals surface area contributed by atoms with Crippen molar-refractivity contribution in [2.24, 2.45) is 46.3 Å². The number of aliphatic hydroxyl groups is 2. The van der Waals surface area contributed by atoms with E-state index in [1.54, 1.807) is 12.1 Å². The van der Waals surface area contributed by atoms with Crippen LogP contribution in [0.2, 0.25) is 0 Å². The first-order chi connectivity index (χ1) is 29.6. The highest BCUT2D eigenvalue weighted by molar-refractivity contribution is 7.97. The molecule has 0 saturated heterocycles. The minimum atomic E-state index is -5.67. The zero-order valence-electron chi connectivity index (χ0n) is 37.5. The SMILES string of the molecule is CC(Oc1ccc([S+](c2ccc(C(C)(C)C)cc2)c2ccc(C(C)(OCCC34CC5CC(C3)C(O)C(C5)C4)OCCC34CC5CC(C3)C(O)C(C5)C4)cc2)cc1)C(F)(F)S(=O)(=O)O. The normalized spacial score (nSPS) is 34.2. The molecule has 0 amide bonds. The quantitative estimate of drug-likeness (QED) is 0.0738. The van der Waals surface area contributed by atoms with E-state index in [2.05, 4.69) is 76.2 Å². The van der Waals surface area contributed by atoms with Crippen molar-refractivity contribution in [3.05, 3.63) is 83.9 Å². The van der Waals surface area contributed by atoms with Gasteiger partial charge in [0.25, 0.3) is 0 Å². The maximum atomic E-state index is 14.4. The molecule has 11 rings (SSSR count). The van der Waals surface area contributed by atoms with Gasteiger partial charge in [0.15, 0.2) is 26.6 Å². The zero-order valence-corrected chi connectivity index (χ0v) is 39.1. The van der Waals surface area contributed by atoms with Crippen LogP contribution in [0, 0.1) is 46.3 Å². The van der Waals surface area contributed by atoms with Crippen LogP contribution in [0.5, 0.6) is 5.75 Å². The molecule has 8 saturated carbocycles. The minimum Gasteiger partial charge on any atom is -0.483 e. The molecule has 0 aromatic heterocycles. The molecule has 344 valence electrons.